The number of nitrogens with two attached hydrogens (primary N) is 3. The molecule has 7 heteroatoms. The van der Waals surface area contributed by atoms with Crippen molar-refractivity contribution >= 4 is 5.96 Å². The summed E-state index contributed by atoms with van der Waals surface area (Å²) < 4.78 is 1.78. The second-order valence-electron chi connectivity index (χ2n) is 3.47. The molecule has 7 N–H and O–H groups in total. The largest absolute Gasteiger partial charge is 0.385 e. The first-order valence-electron chi connectivity index (χ1n) is 4.37. The third-order valence-electron chi connectivity index (χ3n) is 2.07. The quantitative estimate of drug-likeness (QED) is 0.435. The average molecular weight is 207 g/mol. The van der Waals surface area contributed by atoms with Crippen molar-refractivity contribution in [3.05, 3.63) is 30.1 Å². The highest BCUT2D eigenvalue weighted by Gasteiger charge is 2.30. The fraction of sp³-hybridized carbons (Fsp3) is 0.250. The number of hydrogen-bond acceptors (Lipinski definition) is 6. The topological polar surface area (TPSA) is 120 Å². The Bertz CT molecular complexity index is 424. The molecule has 2 rings (SSSR count). The Morgan fingerprint density at radius 3 is 2.73 bits per heavy atom. The van der Waals surface area contributed by atoms with E-state index in [1.54, 1.807) is 23.2 Å². The van der Waals surface area contributed by atoms with Gasteiger partial charge in [0.05, 0.1) is 6.33 Å². The van der Waals surface area contributed by atoms with Gasteiger partial charge in [0.25, 0.3) is 0 Å². The number of aryl methyl sites for hydroxylation is 1. The molecule has 1 aliphatic rings. The smallest absolute Gasteiger partial charge is 0.196 e. The fourth-order valence-electron chi connectivity index (χ4n) is 1.43. The lowest BCUT2D eigenvalue weighted by atomic mass is 10.1. The fourth-order valence-corrected chi connectivity index (χ4v) is 1.43. The normalized spacial score (nSPS) is 25.5. The lowest BCUT2D eigenvalue weighted by Crippen LogP contribution is -2.46. The summed E-state index contributed by atoms with van der Waals surface area (Å²) in [6.07, 6.45) is 4.99. The van der Waals surface area contributed by atoms with Crippen LogP contribution in [0.1, 0.15) is 5.69 Å². The molecule has 1 aliphatic heterocycles. The Hall–Kier alpha value is -2.02. The minimum Gasteiger partial charge on any atom is -0.385 e. The molecular weight excluding hydrogens is 194 g/mol. The Kier molecular flexibility index (Phi) is 1.90. The molecular formula is C8H13N7. The number of guanidine groups is 1. The summed E-state index contributed by atoms with van der Waals surface area (Å²) in [5, 5.41) is 2.66. The first-order valence-corrected chi connectivity index (χ1v) is 4.37. The molecule has 1 unspecified atom stereocenters. The molecule has 7 nitrogen and oxygen atoms in total. The molecule has 0 amide bonds. The van der Waals surface area contributed by atoms with E-state index in [1.807, 2.05) is 7.05 Å². The zero-order valence-corrected chi connectivity index (χ0v) is 8.31. The first-order chi connectivity index (χ1) is 6.99. The maximum atomic E-state index is 6.03. The minimum atomic E-state index is -1.08. The van der Waals surface area contributed by atoms with Gasteiger partial charge < -0.3 is 21.4 Å². The molecule has 1 aromatic rings. The van der Waals surface area contributed by atoms with Crippen LogP contribution in [0.3, 0.4) is 0 Å². The molecule has 0 saturated heterocycles. The summed E-state index contributed by atoms with van der Waals surface area (Å²) in [6, 6.07) is 0. The lowest BCUT2D eigenvalue weighted by molar-refractivity contribution is 0.555. The SMILES string of the molecule is Cn1cnc(C2(N)C=C(N)NC(N)=N2)c1. The summed E-state index contributed by atoms with van der Waals surface area (Å²) in [7, 11) is 1.85. The van der Waals surface area contributed by atoms with Gasteiger partial charge in [-0.1, -0.05) is 0 Å². The van der Waals surface area contributed by atoms with Gasteiger partial charge in [0, 0.05) is 19.3 Å². The average Bonchev–Trinajstić information content (AvgIpc) is 2.49. The van der Waals surface area contributed by atoms with Gasteiger partial charge in [0.2, 0.25) is 0 Å². The summed E-state index contributed by atoms with van der Waals surface area (Å²) in [4.78, 5) is 8.20. The van der Waals surface area contributed by atoms with Gasteiger partial charge in [-0.25, -0.2) is 9.98 Å². The van der Waals surface area contributed by atoms with E-state index in [-0.39, 0.29) is 5.96 Å². The van der Waals surface area contributed by atoms with E-state index in [0.29, 0.717) is 11.5 Å². The Labute approximate surface area is 86.7 Å². The van der Waals surface area contributed by atoms with Crippen LogP contribution in [0.5, 0.6) is 0 Å². The molecule has 2 heterocycles. The molecule has 0 bridgehead atoms. The van der Waals surface area contributed by atoms with Crippen molar-refractivity contribution in [1.29, 1.82) is 0 Å². The molecule has 0 saturated carbocycles. The first kappa shape index (κ1) is 9.53. The van der Waals surface area contributed by atoms with Crippen molar-refractivity contribution in [2.24, 2.45) is 29.2 Å². The lowest BCUT2D eigenvalue weighted by Gasteiger charge is -2.25. The molecule has 1 atom stereocenters. The van der Waals surface area contributed by atoms with Gasteiger partial charge in [-0.3, -0.25) is 5.73 Å². The molecule has 0 aliphatic carbocycles. The van der Waals surface area contributed by atoms with Crippen LogP contribution in [0.25, 0.3) is 0 Å². The van der Waals surface area contributed by atoms with Gasteiger partial charge in [0.1, 0.15) is 11.5 Å². The van der Waals surface area contributed by atoms with Crippen LogP contribution in [0.2, 0.25) is 0 Å². The van der Waals surface area contributed by atoms with Crippen molar-refractivity contribution in [3.63, 3.8) is 0 Å². The van der Waals surface area contributed by atoms with Crippen molar-refractivity contribution < 1.29 is 0 Å². The van der Waals surface area contributed by atoms with Crippen LogP contribution in [-0.4, -0.2) is 15.5 Å². The Morgan fingerprint density at radius 1 is 1.47 bits per heavy atom. The molecule has 0 spiro atoms. The number of aromatic nitrogens is 2. The third kappa shape index (κ3) is 1.64. The van der Waals surface area contributed by atoms with E-state index in [4.69, 9.17) is 17.2 Å². The predicted octanol–water partition coefficient (Wildman–Crippen LogP) is -1.75. The highest BCUT2D eigenvalue weighted by molar-refractivity contribution is 5.81. The second-order valence-corrected chi connectivity index (χ2v) is 3.47. The van der Waals surface area contributed by atoms with Crippen molar-refractivity contribution in [2.45, 2.75) is 5.66 Å². The molecule has 15 heavy (non-hydrogen) atoms. The van der Waals surface area contributed by atoms with Crippen LogP contribution in [-0.2, 0) is 12.7 Å². The summed E-state index contributed by atoms with van der Waals surface area (Å²) in [5.41, 5.74) is 16.7. The molecule has 1 aromatic heterocycles. The Balaban J connectivity index is 2.45. The molecule has 0 aromatic carbocycles. The number of hydrogen-bond donors (Lipinski definition) is 4. The van der Waals surface area contributed by atoms with Gasteiger partial charge >= 0.3 is 0 Å². The van der Waals surface area contributed by atoms with Crippen LogP contribution in [0, 0.1) is 0 Å². The van der Waals surface area contributed by atoms with Crippen LogP contribution in [0.15, 0.2) is 29.4 Å². The zero-order chi connectivity index (χ0) is 11.1. The number of imidazole rings is 1. The van der Waals surface area contributed by atoms with Gasteiger partial charge in [-0.15, -0.1) is 0 Å². The minimum absolute atomic E-state index is 0.183. The van der Waals surface area contributed by atoms with Gasteiger partial charge in [0.15, 0.2) is 11.6 Å². The van der Waals surface area contributed by atoms with Crippen molar-refractivity contribution in [3.8, 4) is 0 Å². The summed E-state index contributed by atoms with van der Waals surface area (Å²) >= 11 is 0. The molecule has 0 fully saturated rings. The van der Waals surface area contributed by atoms with Crippen LogP contribution >= 0.6 is 0 Å². The molecule has 0 radical (unpaired) electrons. The van der Waals surface area contributed by atoms with E-state index in [1.165, 1.54) is 0 Å². The number of rotatable bonds is 1. The maximum absolute atomic E-state index is 6.03. The van der Waals surface area contributed by atoms with E-state index >= 15 is 0 Å². The number of aliphatic imine (C=N–C) groups is 1. The van der Waals surface area contributed by atoms with Crippen molar-refractivity contribution in [1.82, 2.24) is 14.9 Å². The van der Waals surface area contributed by atoms with Gasteiger partial charge in [-0.05, 0) is 0 Å². The zero-order valence-electron chi connectivity index (χ0n) is 8.31. The number of nitrogens with one attached hydrogen (secondary N) is 1. The highest BCUT2D eigenvalue weighted by Crippen LogP contribution is 2.21. The monoisotopic (exact) mass is 207 g/mol. The van der Waals surface area contributed by atoms with E-state index in [0.717, 1.165) is 0 Å². The standard InChI is InChI=1S/C8H13N7/c1-15-3-5(12-4-15)8(11)2-6(9)13-7(10)14-8/h2-4H,9,11H2,1H3,(H3,10,13,14). The van der Waals surface area contributed by atoms with E-state index in [2.05, 4.69) is 15.3 Å². The summed E-state index contributed by atoms with van der Waals surface area (Å²) in [5.74, 6) is 0.554. The maximum Gasteiger partial charge on any atom is 0.196 e. The second kappa shape index (κ2) is 2.99. The summed E-state index contributed by atoms with van der Waals surface area (Å²) in [6.45, 7) is 0. The van der Waals surface area contributed by atoms with E-state index in [9.17, 15) is 0 Å². The Morgan fingerprint density at radius 2 is 2.20 bits per heavy atom. The third-order valence-corrected chi connectivity index (χ3v) is 2.07. The number of nitrogens with zero attached hydrogens (tertiary/aromatic N) is 3. The van der Waals surface area contributed by atoms with Crippen molar-refractivity contribution in [2.75, 3.05) is 0 Å². The molecule has 80 valence electrons. The van der Waals surface area contributed by atoms with Gasteiger partial charge in [-0.2, -0.15) is 0 Å². The van der Waals surface area contributed by atoms with Crippen LogP contribution < -0.4 is 22.5 Å². The predicted molar refractivity (Wildman–Crippen MR) is 56.1 cm³/mol. The van der Waals surface area contributed by atoms with Crippen LogP contribution in [0.4, 0.5) is 0 Å². The van der Waals surface area contributed by atoms with E-state index < -0.39 is 5.66 Å². The highest BCUT2D eigenvalue weighted by atomic mass is 15.2.